The second kappa shape index (κ2) is 8.80. The molecule has 0 spiro atoms. The number of nitrogens with zero attached hydrogens (tertiary/aromatic N) is 2. The fraction of sp³-hybridized carbons (Fsp3) is 0.571. The lowest BCUT2D eigenvalue weighted by atomic mass is 9.81. The maximum atomic E-state index is 13.5. The minimum atomic E-state index is -0.522. The van der Waals surface area contributed by atoms with Crippen LogP contribution in [0.3, 0.4) is 0 Å². The number of Topliss-reactive ketones (excluding diaryl/α,β-unsaturated/α-hetero) is 1. The van der Waals surface area contributed by atoms with Crippen LogP contribution >= 0.6 is 0 Å². The molecule has 0 aliphatic carbocycles. The third-order valence-corrected chi connectivity index (χ3v) is 5.61. The van der Waals surface area contributed by atoms with Crippen molar-refractivity contribution in [2.75, 3.05) is 57.5 Å². The summed E-state index contributed by atoms with van der Waals surface area (Å²) in [4.78, 5) is 18.1. The maximum absolute atomic E-state index is 13.5. The van der Waals surface area contributed by atoms with Crippen LogP contribution in [0.15, 0.2) is 36.9 Å². The van der Waals surface area contributed by atoms with E-state index in [1.54, 1.807) is 0 Å². The molecule has 26 heavy (non-hydrogen) atoms. The first-order chi connectivity index (χ1) is 12.7. The average molecular weight is 358 g/mol. The number of ketones is 1. The lowest BCUT2D eigenvalue weighted by Crippen LogP contribution is -2.57. The predicted octanol–water partition coefficient (Wildman–Crippen LogP) is 2.76. The van der Waals surface area contributed by atoms with Gasteiger partial charge in [-0.15, -0.1) is 6.58 Å². The molecule has 142 valence electrons. The number of rotatable bonds is 7. The van der Waals surface area contributed by atoms with E-state index in [1.165, 1.54) is 0 Å². The molecule has 0 amide bonds. The number of anilines is 1. The number of carbonyl (C=O) groups is 1. The molecule has 2 heterocycles. The minimum Gasteiger partial charge on any atom is -0.379 e. The summed E-state index contributed by atoms with van der Waals surface area (Å²) in [7, 11) is 0. The van der Waals surface area contributed by atoms with Crippen LogP contribution < -0.4 is 4.90 Å². The SMILES string of the molecule is C=CCC(CC)(C(=O)c1ccc(N2CCOCC2)cc1)N1CCOCC1. The highest BCUT2D eigenvalue weighted by molar-refractivity contribution is 6.03. The molecule has 3 rings (SSSR count). The van der Waals surface area contributed by atoms with Gasteiger partial charge in [-0.05, 0) is 37.1 Å². The molecule has 0 bridgehead atoms. The fourth-order valence-electron chi connectivity index (χ4n) is 4.04. The van der Waals surface area contributed by atoms with Crippen LogP contribution in [0.1, 0.15) is 30.1 Å². The van der Waals surface area contributed by atoms with Gasteiger partial charge in [-0.3, -0.25) is 9.69 Å². The first kappa shape index (κ1) is 19.1. The van der Waals surface area contributed by atoms with Crippen molar-refractivity contribution in [3.63, 3.8) is 0 Å². The average Bonchev–Trinajstić information content (AvgIpc) is 2.73. The molecule has 0 saturated carbocycles. The normalized spacial score (nSPS) is 21.2. The lowest BCUT2D eigenvalue weighted by molar-refractivity contribution is -0.0154. The molecule has 0 radical (unpaired) electrons. The van der Waals surface area contributed by atoms with Gasteiger partial charge in [0, 0.05) is 37.4 Å². The van der Waals surface area contributed by atoms with Gasteiger partial charge in [0.25, 0.3) is 0 Å². The van der Waals surface area contributed by atoms with E-state index in [2.05, 4.69) is 35.4 Å². The minimum absolute atomic E-state index is 0.190. The summed E-state index contributed by atoms with van der Waals surface area (Å²) in [6, 6.07) is 8.07. The standard InChI is InChI=1S/C21H30N2O3/c1-3-9-21(4-2,23-12-16-26-17-13-23)20(24)18-5-7-19(8-6-18)22-10-14-25-15-11-22/h3,5-8H,1,4,9-17H2,2H3. The highest BCUT2D eigenvalue weighted by Crippen LogP contribution is 2.31. The van der Waals surface area contributed by atoms with Gasteiger partial charge in [0.15, 0.2) is 5.78 Å². The summed E-state index contributed by atoms with van der Waals surface area (Å²) in [6.45, 7) is 12.3. The van der Waals surface area contributed by atoms with Crippen molar-refractivity contribution in [1.29, 1.82) is 0 Å². The molecule has 0 aromatic heterocycles. The van der Waals surface area contributed by atoms with Crippen molar-refractivity contribution in [3.05, 3.63) is 42.5 Å². The van der Waals surface area contributed by atoms with Crippen LogP contribution in [0.4, 0.5) is 5.69 Å². The molecule has 5 heteroatoms. The van der Waals surface area contributed by atoms with Gasteiger partial charge in [0.1, 0.15) is 0 Å². The summed E-state index contributed by atoms with van der Waals surface area (Å²) in [5.74, 6) is 0.190. The van der Waals surface area contributed by atoms with E-state index in [1.807, 2.05) is 18.2 Å². The van der Waals surface area contributed by atoms with Crippen LogP contribution in [0.25, 0.3) is 0 Å². The van der Waals surface area contributed by atoms with E-state index in [9.17, 15) is 4.79 Å². The van der Waals surface area contributed by atoms with E-state index >= 15 is 0 Å². The molecule has 2 fully saturated rings. The van der Waals surface area contributed by atoms with Crippen LogP contribution in [0.2, 0.25) is 0 Å². The molecule has 2 aliphatic heterocycles. The van der Waals surface area contributed by atoms with Gasteiger partial charge in [0.2, 0.25) is 0 Å². The Bertz CT molecular complexity index is 604. The topological polar surface area (TPSA) is 42.0 Å². The second-order valence-electron chi connectivity index (χ2n) is 6.95. The Morgan fingerprint density at radius 3 is 2.19 bits per heavy atom. The summed E-state index contributed by atoms with van der Waals surface area (Å²) in [5.41, 5.74) is 1.41. The maximum Gasteiger partial charge on any atom is 0.183 e. The van der Waals surface area contributed by atoms with Crippen molar-refractivity contribution in [1.82, 2.24) is 4.90 Å². The Kier molecular flexibility index (Phi) is 6.46. The van der Waals surface area contributed by atoms with Gasteiger partial charge >= 0.3 is 0 Å². The van der Waals surface area contributed by atoms with Crippen LogP contribution in [0, 0.1) is 0 Å². The van der Waals surface area contributed by atoms with E-state index in [0.29, 0.717) is 19.6 Å². The zero-order chi connectivity index (χ0) is 18.4. The zero-order valence-electron chi connectivity index (χ0n) is 15.8. The molecule has 1 unspecified atom stereocenters. The molecule has 1 atom stereocenters. The highest BCUT2D eigenvalue weighted by atomic mass is 16.5. The molecule has 5 nitrogen and oxygen atoms in total. The Balaban J connectivity index is 1.82. The second-order valence-corrected chi connectivity index (χ2v) is 6.95. The summed E-state index contributed by atoms with van der Waals surface area (Å²) in [6.07, 6.45) is 3.30. The fourth-order valence-corrected chi connectivity index (χ4v) is 4.04. The number of hydrogen-bond donors (Lipinski definition) is 0. The van der Waals surface area contributed by atoms with Crippen LogP contribution in [-0.4, -0.2) is 68.8 Å². The monoisotopic (exact) mass is 358 g/mol. The van der Waals surface area contributed by atoms with Crippen LogP contribution in [0.5, 0.6) is 0 Å². The predicted molar refractivity (Wildman–Crippen MR) is 104 cm³/mol. The molecule has 1 aromatic rings. The molecule has 2 saturated heterocycles. The quantitative estimate of drug-likeness (QED) is 0.554. The Morgan fingerprint density at radius 1 is 1.08 bits per heavy atom. The summed E-state index contributed by atoms with van der Waals surface area (Å²) in [5, 5.41) is 0. The van der Waals surface area contributed by atoms with Crippen molar-refractivity contribution in [2.45, 2.75) is 25.3 Å². The Labute approximate surface area is 156 Å². The van der Waals surface area contributed by atoms with Gasteiger partial charge in [-0.1, -0.05) is 13.0 Å². The van der Waals surface area contributed by atoms with E-state index in [0.717, 1.165) is 57.1 Å². The summed E-state index contributed by atoms with van der Waals surface area (Å²) >= 11 is 0. The third-order valence-electron chi connectivity index (χ3n) is 5.61. The first-order valence-electron chi connectivity index (χ1n) is 9.62. The van der Waals surface area contributed by atoms with E-state index < -0.39 is 5.54 Å². The molecular formula is C21H30N2O3. The largest absolute Gasteiger partial charge is 0.379 e. The number of carbonyl (C=O) groups excluding carboxylic acids is 1. The van der Waals surface area contributed by atoms with Crippen LogP contribution in [-0.2, 0) is 9.47 Å². The third kappa shape index (κ3) is 3.85. The Hall–Kier alpha value is -1.69. The molecule has 0 N–H and O–H groups in total. The van der Waals surface area contributed by atoms with Gasteiger partial charge in [0.05, 0.1) is 32.0 Å². The molecule has 2 aliphatic rings. The number of ether oxygens (including phenoxy) is 2. The van der Waals surface area contributed by atoms with Gasteiger partial charge in [-0.25, -0.2) is 0 Å². The van der Waals surface area contributed by atoms with Gasteiger partial charge in [-0.2, -0.15) is 0 Å². The van der Waals surface area contributed by atoms with Gasteiger partial charge < -0.3 is 14.4 Å². The number of morpholine rings is 2. The van der Waals surface area contributed by atoms with Crippen molar-refractivity contribution in [3.8, 4) is 0 Å². The molecular weight excluding hydrogens is 328 g/mol. The van der Waals surface area contributed by atoms with E-state index in [4.69, 9.17) is 9.47 Å². The molecule has 1 aromatic carbocycles. The number of hydrogen-bond acceptors (Lipinski definition) is 5. The van der Waals surface area contributed by atoms with E-state index in [-0.39, 0.29) is 5.78 Å². The summed E-state index contributed by atoms with van der Waals surface area (Å²) < 4.78 is 10.9. The zero-order valence-corrected chi connectivity index (χ0v) is 15.8. The van der Waals surface area contributed by atoms with Crippen molar-refractivity contribution < 1.29 is 14.3 Å². The van der Waals surface area contributed by atoms with Crippen molar-refractivity contribution in [2.24, 2.45) is 0 Å². The smallest absolute Gasteiger partial charge is 0.183 e. The highest BCUT2D eigenvalue weighted by Gasteiger charge is 2.42. The lowest BCUT2D eigenvalue weighted by Gasteiger charge is -2.43. The Morgan fingerprint density at radius 2 is 1.65 bits per heavy atom. The number of benzene rings is 1. The first-order valence-corrected chi connectivity index (χ1v) is 9.62. The van der Waals surface area contributed by atoms with Crippen molar-refractivity contribution >= 4 is 11.5 Å².